The zero-order chi connectivity index (χ0) is 13.1. The van der Waals surface area contributed by atoms with Gasteiger partial charge in [0.25, 0.3) is 0 Å². The molecule has 0 amide bonds. The van der Waals surface area contributed by atoms with Gasteiger partial charge in [0.1, 0.15) is 0 Å². The van der Waals surface area contributed by atoms with Crippen LogP contribution in [0, 0.1) is 0 Å². The van der Waals surface area contributed by atoms with Crippen LogP contribution in [-0.4, -0.2) is 4.75 Å². The van der Waals surface area contributed by atoms with Crippen LogP contribution in [0.1, 0.15) is 38.3 Å². The highest BCUT2D eigenvalue weighted by atomic mass is 32.2. The minimum absolute atomic E-state index is 0.105. The van der Waals surface area contributed by atoms with Crippen molar-refractivity contribution in [3.8, 4) is 0 Å². The average Bonchev–Trinajstić information content (AvgIpc) is 2.26. The van der Waals surface area contributed by atoms with E-state index in [0.29, 0.717) is 5.75 Å². The van der Waals surface area contributed by atoms with Gasteiger partial charge >= 0.3 is 6.18 Å². The standard InChI is InChI=1S/C13H17F3S/c1-4-12(2,3)17-9-10-6-5-7-11(8-10)13(14,15)16/h5-8H,4,9H2,1-3H3. The normalized spacial score (nSPS) is 12.8. The highest BCUT2D eigenvalue weighted by Crippen LogP contribution is 2.33. The Morgan fingerprint density at radius 2 is 1.82 bits per heavy atom. The molecule has 0 saturated carbocycles. The third-order valence-corrected chi connectivity index (χ3v) is 4.28. The van der Waals surface area contributed by atoms with Crippen LogP contribution < -0.4 is 0 Å². The second-order valence-electron chi connectivity index (χ2n) is 4.60. The van der Waals surface area contributed by atoms with Crippen molar-refractivity contribution in [2.75, 3.05) is 0 Å². The molecule has 0 unspecified atom stereocenters. The maximum absolute atomic E-state index is 12.5. The molecule has 1 aromatic rings. The molecule has 0 N–H and O–H groups in total. The van der Waals surface area contributed by atoms with E-state index in [1.54, 1.807) is 17.8 Å². The molecule has 1 aromatic carbocycles. The third kappa shape index (κ3) is 4.62. The van der Waals surface area contributed by atoms with E-state index in [1.807, 2.05) is 0 Å². The first-order chi connectivity index (χ1) is 7.74. The van der Waals surface area contributed by atoms with Crippen molar-refractivity contribution in [3.63, 3.8) is 0 Å². The molecular weight excluding hydrogens is 245 g/mol. The van der Waals surface area contributed by atoms with E-state index in [9.17, 15) is 13.2 Å². The highest BCUT2D eigenvalue weighted by Gasteiger charge is 2.30. The summed E-state index contributed by atoms with van der Waals surface area (Å²) in [5.74, 6) is 0.616. The zero-order valence-electron chi connectivity index (χ0n) is 10.3. The molecule has 0 saturated heterocycles. The van der Waals surface area contributed by atoms with E-state index in [0.717, 1.165) is 18.1 Å². The van der Waals surface area contributed by atoms with Crippen molar-refractivity contribution in [2.24, 2.45) is 0 Å². The molecule has 96 valence electrons. The van der Waals surface area contributed by atoms with Crippen molar-refractivity contribution in [1.82, 2.24) is 0 Å². The summed E-state index contributed by atoms with van der Waals surface area (Å²) in [7, 11) is 0. The number of alkyl halides is 3. The third-order valence-electron chi connectivity index (χ3n) is 2.74. The summed E-state index contributed by atoms with van der Waals surface area (Å²) in [6, 6.07) is 5.56. The monoisotopic (exact) mass is 262 g/mol. The van der Waals surface area contributed by atoms with Crippen LogP contribution in [0.2, 0.25) is 0 Å². The average molecular weight is 262 g/mol. The van der Waals surface area contributed by atoms with Crippen LogP contribution in [-0.2, 0) is 11.9 Å². The summed E-state index contributed by atoms with van der Waals surface area (Å²) in [6.07, 6.45) is -3.25. The smallest absolute Gasteiger partial charge is 0.166 e. The predicted octanol–water partition coefficient (Wildman–Crippen LogP) is 5.13. The summed E-state index contributed by atoms with van der Waals surface area (Å²) in [4.78, 5) is 0. The molecule has 17 heavy (non-hydrogen) atoms. The topological polar surface area (TPSA) is 0 Å². The van der Waals surface area contributed by atoms with Crippen molar-refractivity contribution < 1.29 is 13.2 Å². The lowest BCUT2D eigenvalue weighted by atomic mass is 10.1. The van der Waals surface area contributed by atoms with Crippen molar-refractivity contribution >= 4 is 11.8 Å². The molecule has 0 aliphatic carbocycles. The van der Waals surface area contributed by atoms with Crippen molar-refractivity contribution in [2.45, 2.75) is 43.9 Å². The van der Waals surface area contributed by atoms with Gasteiger partial charge in [0.2, 0.25) is 0 Å². The molecule has 0 radical (unpaired) electrons. The lowest BCUT2D eigenvalue weighted by molar-refractivity contribution is -0.137. The SMILES string of the molecule is CCC(C)(C)SCc1cccc(C(F)(F)F)c1. The van der Waals surface area contributed by atoms with Gasteiger partial charge in [-0.25, -0.2) is 0 Å². The Morgan fingerprint density at radius 1 is 1.18 bits per heavy atom. The van der Waals surface area contributed by atoms with Gasteiger partial charge in [-0.1, -0.05) is 39.0 Å². The Labute approximate surface area is 105 Å². The Morgan fingerprint density at radius 3 is 2.35 bits per heavy atom. The van der Waals surface area contributed by atoms with Crippen LogP contribution in [0.3, 0.4) is 0 Å². The largest absolute Gasteiger partial charge is 0.416 e. The first kappa shape index (κ1) is 14.4. The number of hydrogen-bond acceptors (Lipinski definition) is 1. The van der Waals surface area contributed by atoms with Crippen LogP contribution in [0.25, 0.3) is 0 Å². The second-order valence-corrected chi connectivity index (χ2v) is 6.28. The summed E-state index contributed by atoms with van der Waals surface area (Å²) < 4.78 is 37.6. The van der Waals surface area contributed by atoms with Gasteiger partial charge in [-0.15, -0.1) is 0 Å². The van der Waals surface area contributed by atoms with E-state index < -0.39 is 11.7 Å². The lowest BCUT2D eigenvalue weighted by Gasteiger charge is -2.22. The summed E-state index contributed by atoms with van der Waals surface area (Å²) in [5, 5.41) is 0. The first-order valence-electron chi connectivity index (χ1n) is 5.55. The molecule has 0 aromatic heterocycles. The summed E-state index contributed by atoms with van der Waals surface area (Å²) in [6.45, 7) is 6.29. The fourth-order valence-electron chi connectivity index (χ4n) is 1.22. The molecule has 0 fully saturated rings. The van der Waals surface area contributed by atoms with Crippen molar-refractivity contribution in [3.05, 3.63) is 35.4 Å². The highest BCUT2D eigenvalue weighted by molar-refractivity contribution is 7.99. The van der Waals surface area contributed by atoms with E-state index in [4.69, 9.17) is 0 Å². The van der Waals surface area contributed by atoms with E-state index in [2.05, 4.69) is 20.8 Å². The number of halogens is 3. The van der Waals surface area contributed by atoms with Gasteiger partial charge in [0.05, 0.1) is 5.56 Å². The van der Waals surface area contributed by atoms with Crippen LogP contribution in [0.15, 0.2) is 24.3 Å². The lowest BCUT2D eigenvalue weighted by Crippen LogP contribution is -2.12. The minimum atomic E-state index is -4.25. The maximum atomic E-state index is 12.5. The Kier molecular flexibility index (Phi) is 4.53. The Hall–Kier alpha value is -0.640. The molecule has 4 heteroatoms. The van der Waals surface area contributed by atoms with Crippen LogP contribution in [0.4, 0.5) is 13.2 Å². The van der Waals surface area contributed by atoms with Gasteiger partial charge in [0, 0.05) is 10.5 Å². The first-order valence-corrected chi connectivity index (χ1v) is 6.53. The Bertz CT molecular complexity index is 369. The fourth-order valence-corrected chi connectivity index (χ4v) is 2.16. The number of benzene rings is 1. The molecule has 1 rings (SSSR count). The van der Waals surface area contributed by atoms with E-state index in [-0.39, 0.29) is 4.75 Å². The molecule has 0 bridgehead atoms. The van der Waals surface area contributed by atoms with Crippen LogP contribution in [0.5, 0.6) is 0 Å². The van der Waals surface area contributed by atoms with E-state index in [1.165, 1.54) is 12.1 Å². The molecule has 0 spiro atoms. The molecule has 0 aliphatic rings. The summed E-state index contributed by atoms with van der Waals surface area (Å²) in [5.41, 5.74) is 0.163. The predicted molar refractivity (Wildman–Crippen MR) is 67.1 cm³/mol. The molecule has 0 heterocycles. The van der Waals surface area contributed by atoms with E-state index >= 15 is 0 Å². The fraction of sp³-hybridized carbons (Fsp3) is 0.538. The van der Waals surface area contributed by atoms with Gasteiger partial charge in [-0.2, -0.15) is 24.9 Å². The van der Waals surface area contributed by atoms with Crippen LogP contribution >= 0.6 is 11.8 Å². The van der Waals surface area contributed by atoms with Gasteiger partial charge in [-0.05, 0) is 18.1 Å². The minimum Gasteiger partial charge on any atom is -0.166 e. The number of thioether (sulfide) groups is 1. The van der Waals surface area contributed by atoms with Crippen molar-refractivity contribution in [1.29, 1.82) is 0 Å². The molecule has 0 nitrogen and oxygen atoms in total. The Balaban J connectivity index is 2.74. The number of hydrogen-bond donors (Lipinski definition) is 0. The van der Waals surface area contributed by atoms with Gasteiger partial charge in [0.15, 0.2) is 0 Å². The van der Waals surface area contributed by atoms with Gasteiger partial charge in [-0.3, -0.25) is 0 Å². The number of rotatable bonds is 4. The summed E-state index contributed by atoms with van der Waals surface area (Å²) >= 11 is 1.68. The second kappa shape index (κ2) is 5.34. The zero-order valence-corrected chi connectivity index (χ0v) is 11.1. The molecular formula is C13H17F3S. The van der Waals surface area contributed by atoms with Gasteiger partial charge < -0.3 is 0 Å². The quantitative estimate of drug-likeness (QED) is 0.725. The molecule has 0 atom stereocenters. The maximum Gasteiger partial charge on any atom is 0.416 e. The molecule has 0 aliphatic heterocycles.